The summed E-state index contributed by atoms with van der Waals surface area (Å²) in [5.41, 5.74) is 3.01. The van der Waals surface area contributed by atoms with Gasteiger partial charge >= 0.3 is 11.9 Å². The molecule has 0 atom stereocenters. The van der Waals surface area contributed by atoms with Crippen molar-refractivity contribution in [1.82, 2.24) is 0 Å². The van der Waals surface area contributed by atoms with E-state index in [1.165, 1.54) is 4.74 Å². The van der Waals surface area contributed by atoms with E-state index in [0.29, 0.717) is 11.3 Å². The predicted octanol–water partition coefficient (Wildman–Crippen LogP) is 3.94. The van der Waals surface area contributed by atoms with Crippen LogP contribution >= 0.6 is 0 Å². The fourth-order valence-electron chi connectivity index (χ4n) is 2.96. The topological polar surface area (TPSA) is 49.5 Å². The maximum atomic E-state index is 12.5. The Labute approximate surface area is 150 Å². The van der Waals surface area contributed by atoms with E-state index in [1.54, 1.807) is 12.1 Å². The smallest absolute Gasteiger partial charge is 0.431 e. The fraction of sp³-hybridized carbons (Fsp3) is 0. The molecule has 3 aromatic carbocycles. The molecule has 4 heteroatoms. The molecule has 0 amide bonds. The number of hydroxylamine groups is 1. The molecule has 26 heavy (non-hydrogen) atoms. The zero-order valence-corrected chi connectivity index (χ0v) is 13.9. The maximum Gasteiger partial charge on any atom is 0.431 e. The van der Waals surface area contributed by atoms with Crippen LogP contribution in [0.25, 0.3) is 5.57 Å². The number of carbonyl (C=O) groups excluding carboxylic acids is 1. The van der Waals surface area contributed by atoms with Gasteiger partial charge in [-0.15, -0.1) is 0 Å². The van der Waals surface area contributed by atoms with Crippen molar-refractivity contribution in [3.8, 4) is 0 Å². The second kappa shape index (κ2) is 6.69. The minimum Gasteiger partial charge on any atom is -0.456 e. The van der Waals surface area contributed by atoms with Gasteiger partial charge in [0.2, 0.25) is 0 Å². The van der Waals surface area contributed by atoms with Crippen molar-refractivity contribution in [2.45, 2.75) is 0 Å². The lowest BCUT2D eigenvalue weighted by atomic mass is 10.0. The third-order valence-corrected chi connectivity index (χ3v) is 4.15. The molecule has 0 spiro atoms. The summed E-state index contributed by atoms with van der Waals surface area (Å²) in [6, 6.07) is 28.0. The van der Waals surface area contributed by atoms with Crippen LogP contribution in [-0.4, -0.2) is 21.5 Å². The molecule has 0 unspecified atom stereocenters. The van der Waals surface area contributed by atoms with Gasteiger partial charge in [-0.25, -0.2) is 4.79 Å². The summed E-state index contributed by atoms with van der Waals surface area (Å²) in [6.07, 6.45) is 0. The zero-order chi connectivity index (χ0) is 17.9. The Kier molecular flexibility index (Phi) is 4.07. The molecular weight excluding hydrogens is 326 g/mol. The molecule has 1 N–H and O–H groups in total. The first-order valence-corrected chi connectivity index (χ1v) is 8.24. The summed E-state index contributed by atoms with van der Waals surface area (Å²) in [5, 5.41) is 10.8. The average Bonchev–Trinajstić information content (AvgIpc) is 2.98. The molecule has 1 heterocycles. The molecule has 3 aromatic rings. The molecule has 0 aromatic heterocycles. The van der Waals surface area contributed by atoms with Crippen molar-refractivity contribution in [1.29, 1.82) is 0 Å². The van der Waals surface area contributed by atoms with Gasteiger partial charge in [0.05, 0.1) is 15.9 Å². The van der Waals surface area contributed by atoms with Crippen LogP contribution in [-0.2, 0) is 9.63 Å². The Balaban J connectivity index is 1.97. The van der Waals surface area contributed by atoms with Crippen LogP contribution in [0.1, 0.15) is 16.7 Å². The van der Waals surface area contributed by atoms with Gasteiger partial charge in [0.25, 0.3) is 5.71 Å². The number of benzene rings is 3. The molecule has 0 bridgehead atoms. The normalized spacial score (nSPS) is 13.7. The van der Waals surface area contributed by atoms with Crippen LogP contribution in [0.4, 0.5) is 0 Å². The summed E-state index contributed by atoms with van der Waals surface area (Å²) in [5.74, 6) is -0.804. The van der Waals surface area contributed by atoms with E-state index < -0.39 is 5.97 Å². The van der Waals surface area contributed by atoms with Crippen molar-refractivity contribution in [2.24, 2.45) is 0 Å². The van der Waals surface area contributed by atoms with Crippen molar-refractivity contribution in [3.05, 3.63) is 114 Å². The Bertz CT molecular complexity index is 966. The average molecular weight is 342 g/mol. The summed E-state index contributed by atoms with van der Waals surface area (Å²) >= 11 is 0. The molecule has 0 fully saturated rings. The summed E-state index contributed by atoms with van der Waals surface area (Å²) in [6.45, 7) is 0. The molecule has 0 radical (unpaired) electrons. The molecule has 0 saturated heterocycles. The molecule has 126 valence electrons. The quantitative estimate of drug-likeness (QED) is 0.579. The maximum absolute atomic E-state index is 12.5. The van der Waals surface area contributed by atoms with Crippen LogP contribution < -0.4 is 0 Å². The second-order valence-corrected chi connectivity index (χ2v) is 5.82. The number of aliphatic hydroxyl groups is 1. The lowest BCUT2D eigenvalue weighted by molar-refractivity contribution is -0.731. The summed E-state index contributed by atoms with van der Waals surface area (Å²) in [7, 11) is 0. The number of hydrogen-bond donors (Lipinski definition) is 1. The third kappa shape index (κ3) is 2.78. The van der Waals surface area contributed by atoms with Gasteiger partial charge in [-0.05, 0) is 29.8 Å². The molecule has 1 aliphatic rings. The van der Waals surface area contributed by atoms with Gasteiger partial charge in [-0.3, -0.25) is 0 Å². The summed E-state index contributed by atoms with van der Waals surface area (Å²) < 4.78 is 1.20. The minimum absolute atomic E-state index is 0.148. The van der Waals surface area contributed by atoms with Gasteiger partial charge in [0, 0.05) is 0 Å². The van der Waals surface area contributed by atoms with E-state index in [-0.39, 0.29) is 11.5 Å². The lowest BCUT2D eigenvalue weighted by Gasteiger charge is -2.03. The van der Waals surface area contributed by atoms with E-state index in [4.69, 9.17) is 4.84 Å². The zero-order valence-electron chi connectivity index (χ0n) is 13.9. The van der Waals surface area contributed by atoms with Crippen LogP contribution in [0.5, 0.6) is 0 Å². The Morgan fingerprint density at radius 2 is 1.19 bits per heavy atom. The van der Waals surface area contributed by atoms with E-state index in [1.807, 2.05) is 78.9 Å². The number of rotatable bonds is 3. The van der Waals surface area contributed by atoms with Crippen molar-refractivity contribution < 1.29 is 19.5 Å². The first-order chi connectivity index (χ1) is 12.8. The van der Waals surface area contributed by atoms with E-state index in [0.717, 1.165) is 11.1 Å². The van der Waals surface area contributed by atoms with E-state index in [2.05, 4.69) is 0 Å². The number of carbonyl (C=O) groups is 1. The highest BCUT2D eigenvalue weighted by atomic mass is 16.7. The van der Waals surface area contributed by atoms with Crippen LogP contribution in [0.3, 0.4) is 0 Å². The monoisotopic (exact) mass is 342 g/mol. The highest BCUT2D eigenvalue weighted by molar-refractivity contribution is 6.18. The molecule has 1 aliphatic heterocycles. The molecule has 0 aliphatic carbocycles. The first kappa shape index (κ1) is 15.8. The van der Waals surface area contributed by atoms with Crippen LogP contribution in [0, 0.1) is 0 Å². The Morgan fingerprint density at radius 3 is 1.69 bits per heavy atom. The predicted molar refractivity (Wildman–Crippen MR) is 98.4 cm³/mol. The fourth-order valence-corrected chi connectivity index (χ4v) is 2.96. The van der Waals surface area contributed by atoms with E-state index in [9.17, 15) is 9.90 Å². The van der Waals surface area contributed by atoms with Gasteiger partial charge in [0.1, 0.15) is 0 Å². The molecule has 4 nitrogen and oxygen atoms in total. The first-order valence-electron chi connectivity index (χ1n) is 8.24. The van der Waals surface area contributed by atoms with Gasteiger partial charge in [-0.2, -0.15) is 4.84 Å². The lowest BCUT2D eigenvalue weighted by Crippen LogP contribution is -2.21. The summed E-state index contributed by atoms with van der Waals surface area (Å²) in [4.78, 5) is 17.9. The Hall–Kier alpha value is -3.66. The third-order valence-electron chi connectivity index (χ3n) is 4.15. The van der Waals surface area contributed by atoms with Crippen molar-refractivity contribution >= 4 is 17.3 Å². The van der Waals surface area contributed by atoms with Crippen molar-refractivity contribution in [3.63, 3.8) is 0 Å². The molecule has 4 rings (SSSR count). The largest absolute Gasteiger partial charge is 0.456 e. The van der Waals surface area contributed by atoms with Crippen molar-refractivity contribution in [2.75, 3.05) is 0 Å². The van der Waals surface area contributed by atoms with Crippen LogP contribution in [0.15, 0.2) is 96.9 Å². The van der Waals surface area contributed by atoms with Gasteiger partial charge in [-0.1, -0.05) is 66.7 Å². The van der Waals surface area contributed by atoms with Gasteiger partial charge < -0.3 is 5.11 Å². The number of nitrogens with zero attached hydrogens (tertiary/aromatic N) is 1. The highest BCUT2D eigenvalue weighted by Gasteiger charge is 2.43. The number of aliphatic hydroxyl groups excluding tert-OH is 1. The second-order valence-electron chi connectivity index (χ2n) is 5.82. The minimum atomic E-state index is -0.585. The Morgan fingerprint density at radius 1 is 0.731 bits per heavy atom. The molecular formula is C22H16NO3+. The molecule has 0 saturated carbocycles. The standard InChI is InChI=1S/C22H15NO3/c24-21-19(16-10-4-1-5-11-16)22(25)26-23(21)20(17-12-6-2-7-13-17)18-14-8-3-9-15-18/h1-15H/p+1. The highest BCUT2D eigenvalue weighted by Crippen LogP contribution is 2.27. The SMILES string of the molecule is O=C1O[N+](=C(c2ccccc2)c2ccccc2)C(O)=C1c1ccccc1. The van der Waals surface area contributed by atoms with Crippen LogP contribution in [0.2, 0.25) is 0 Å². The van der Waals surface area contributed by atoms with E-state index >= 15 is 0 Å². The number of hydrogen-bond acceptors (Lipinski definition) is 3. The van der Waals surface area contributed by atoms with Gasteiger partial charge in [0.15, 0.2) is 5.57 Å².